The van der Waals surface area contributed by atoms with Crippen LogP contribution in [-0.4, -0.2) is 36.5 Å². The second-order valence-corrected chi connectivity index (χ2v) is 5.86. The van der Waals surface area contributed by atoms with E-state index in [9.17, 15) is 4.79 Å². The molecule has 2 aliphatic rings. The maximum atomic E-state index is 11.9. The van der Waals surface area contributed by atoms with E-state index in [4.69, 9.17) is 0 Å². The van der Waals surface area contributed by atoms with E-state index in [1.807, 2.05) is 0 Å². The summed E-state index contributed by atoms with van der Waals surface area (Å²) in [4.78, 5) is 14.2. The number of halogens is 1. The minimum absolute atomic E-state index is 0. The molecule has 106 valence electrons. The summed E-state index contributed by atoms with van der Waals surface area (Å²) in [6.45, 7) is 5.11. The van der Waals surface area contributed by atoms with E-state index in [-0.39, 0.29) is 18.3 Å². The quantitative estimate of drug-likeness (QED) is 0.728. The summed E-state index contributed by atoms with van der Waals surface area (Å²) < 4.78 is 0. The first-order chi connectivity index (χ1) is 8.24. The minimum atomic E-state index is 0. The third kappa shape index (κ3) is 5.15. The van der Waals surface area contributed by atoms with Crippen molar-refractivity contribution in [2.75, 3.05) is 19.6 Å². The lowest BCUT2D eigenvalue weighted by Crippen LogP contribution is -3.00. The summed E-state index contributed by atoms with van der Waals surface area (Å²) in [7, 11) is 0. The second kappa shape index (κ2) is 8.00. The van der Waals surface area contributed by atoms with Crippen LogP contribution in [0.5, 0.6) is 0 Å². The highest BCUT2D eigenvalue weighted by molar-refractivity contribution is 5.78. The van der Waals surface area contributed by atoms with Crippen LogP contribution in [0, 0.1) is 5.92 Å². The van der Waals surface area contributed by atoms with Gasteiger partial charge < -0.3 is 17.7 Å². The maximum Gasteiger partial charge on any atom is 0.234 e. The molecular formula is C14H26ClN2O-. The van der Waals surface area contributed by atoms with Crippen molar-refractivity contribution in [2.24, 2.45) is 5.92 Å². The third-order valence-corrected chi connectivity index (χ3v) is 4.21. The Morgan fingerprint density at radius 1 is 1.11 bits per heavy atom. The highest BCUT2D eigenvalue weighted by Gasteiger charge is 2.20. The number of amides is 1. The second-order valence-electron chi connectivity index (χ2n) is 5.86. The molecule has 1 aliphatic carbocycles. The van der Waals surface area contributed by atoms with Gasteiger partial charge in [0.05, 0.1) is 6.54 Å². The Labute approximate surface area is 117 Å². The van der Waals surface area contributed by atoms with Crippen molar-refractivity contribution in [1.29, 1.82) is 0 Å². The van der Waals surface area contributed by atoms with Crippen LogP contribution in [0.3, 0.4) is 0 Å². The zero-order chi connectivity index (χ0) is 12.1. The summed E-state index contributed by atoms with van der Waals surface area (Å²) in [5.74, 6) is 1.08. The summed E-state index contributed by atoms with van der Waals surface area (Å²) in [5, 5.41) is 3.20. The van der Waals surface area contributed by atoms with Crippen LogP contribution in [-0.2, 0) is 4.79 Å². The van der Waals surface area contributed by atoms with Gasteiger partial charge in [-0.15, -0.1) is 0 Å². The third-order valence-electron chi connectivity index (χ3n) is 4.21. The van der Waals surface area contributed by atoms with Gasteiger partial charge in [-0.3, -0.25) is 9.69 Å². The van der Waals surface area contributed by atoms with Gasteiger partial charge in [-0.1, -0.05) is 26.2 Å². The Morgan fingerprint density at radius 3 is 2.33 bits per heavy atom. The van der Waals surface area contributed by atoms with Crippen molar-refractivity contribution in [3.8, 4) is 0 Å². The standard InChI is InChI=1S/C14H26N2O.ClH/c1-12-7-9-16(10-8-12)11-14(17)15-13-5-3-2-4-6-13;/h12-13H,2-11H2,1H3,(H,15,17);1H/p-1. The molecule has 1 saturated carbocycles. The number of piperidine rings is 1. The van der Waals surface area contributed by atoms with Crippen LogP contribution in [0.1, 0.15) is 51.9 Å². The summed E-state index contributed by atoms with van der Waals surface area (Å²) in [6, 6.07) is 0.458. The highest BCUT2D eigenvalue weighted by Crippen LogP contribution is 2.18. The van der Waals surface area contributed by atoms with Crippen LogP contribution in [0.2, 0.25) is 0 Å². The van der Waals surface area contributed by atoms with Crippen LogP contribution in [0.25, 0.3) is 0 Å². The first kappa shape index (κ1) is 15.8. The van der Waals surface area contributed by atoms with Crippen molar-refractivity contribution < 1.29 is 17.2 Å². The van der Waals surface area contributed by atoms with E-state index in [0.717, 1.165) is 19.0 Å². The molecule has 0 atom stereocenters. The van der Waals surface area contributed by atoms with Gasteiger partial charge in [0.2, 0.25) is 5.91 Å². The Bertz CT molecular complexity index is 246. The normalized spacial score (nSPS) is 23.4. The molecule has 1 amide bonds. The lowest BCUT2D eigenvalue weighted by Gasteiger charge is -2.30. The fraction of sp³-hybridized carbons (Fsp3) is 0.929. The van der Waals surface area contributed by atoms with E-state index >= 15 is 0 Å². The molecule has 0 unspecified atom stereocenters. The van der Waals surface area contributed by atoms with Gasteiger partial charge in [0, 0.05) is 6.04 Å². The van der Waals surface area contributed by atoms with Gasteiger partial charge in [0.15, 0.2) is 0 Å². The molecule has 0 aromatic heterocycles. The van der Waals surface area contributed by atoms with Gasteiger partial charge in [-0.2, -0.15) is 0 Å². The van der Waals surface area contributed by atoms with Crippen molar-refractivity contribution in [3.05, 3.63) is 0 Å². The summed E-state index contributed by atoms with van der Waals surface area (Å²) >= 11 is 0. The number of hydrogen-bond donors (Lipinski definition) is 1. The zero-order valence-corrected chi connectivity index (χ0v) is 12.2. The van der Waals surface area contributed by atoms with Crippen LogP contribution < -0.4 is 17.7 Å². The Morgan fingerprint density at radius 2 is 1.72 bits per heavy atom. The van der Waals surface area contributed by atoms with Crippen molar-refractivity contribution >= 4 is 5.91 Å². The maximum absolute atomic E-state index is 11.9. The van der Waals surface area contributed by atoms with Gasteiger partial charge in [-0.05, 0) is 44.7 Å². The molecule has 1 saturated heterocycles. The average Bonchev–Trinajstić information content (AvgIpc) is 2.33. The number of nitrogens with zero attached hydrogens (tertiary/aromatic N) is 1. The molecule has 0 bridgehead atoms. The molecule has 2 fully saturated rings. The first-order valence-electron chi connectivity index (χ1n) is 7.26. The minimum Gasteiger partial charge on any atom is -1.00 e. The Balaban J connectivity index is 0.00000162. The molecule has 0 spiro atoms. The molecule has 1 aliphatic heterocycles. The molecule has 3 nitrogen and oxygen atoms in total. The van der Waals surface area contributed by atoms with Crippen LogP contribution in [0.4, 0.5) is 0 Å². The van der Waals surface area contributed by atoms with E-state index in [1.165, 1.54) is 44.9 Å². The largest absolute Gasteiger partial charge is 1.00 e. The predicted molar refractivity (Wildman–Crippen MR) is 69.9 cm³/mol. The van der Waals surface area contributed by atoms with Gasteiger partial charge in [-0.25, -0.2) is 0 Å². The van der Waals surface area contributed by atoms with E-state index in [2.05, 4.69) is 17.1 Å². The van der Waals surface area contributed by atoms with Crippen molar-refractivity contribution in [3.63, 3.8) is 0 Å². The number of rotatable bonds is 3. The Hall–Kier alpha value is -0.280. The molecule has 0 aromatic rings. The number of likely N-dealkylation sites (tertiary alicyclic amines) is 1. The molecule has 1 heterocycles. The fourth-order valence-corrected chi connectivity index (χ4v) is 2.94. The van der Waals surface area contributed by atoms with Crippen molar-refractivity contribution in [1.82, 2.24) is 10.2 Å². The number of carbonyl (C=O) groups excluding carboxylic acids is 1. The lowest BCUT2D eigenvalue weighted by molar-refractivity contribution is -0.123. The Kier molecular flexibility index (Phi) is 7.02. The van der Waals surface area contributed by atoms with Gasteiger partial charge >= 0.3 is 0 Å². The molecular weight excluding hydrogens is 248 g/mol. The number of carbonyl (C=O) groups is 1. The summed E-state index contributed by atoms with van der Waals surface area (Å²) in [5.41, 5.74) is 0. The number of hydrogen-bond acceptors (Lipinski definition) is 2. The fourth-order valence-electron chi connectivity index (χ4n) is 2.94. The van der Waals surface area contributed by atoms with Crippen LogP contribution in [0.15, 0.2) is 0 Å². The smallest absolute Gasteiger partial charge is 0.234 e. The summed E-state index contributed by atoms with van der Waals surface area (Å²) in [6.07, 6.45) is 8.77. The zero-order valence-electron chi connectivity index (χ0n) is 11.5. The topological polar surface area (TPSA) is 32.3 Å². The predicted octanol–water partition coefficient (Wildman–Crippen LogP) is -0.829. The van der Waals surface area contributed by atoms with Gasteiger partial charge in [0.1, 0.15) is 0 Å². The monoisotopic (exact) mass is 273 g/mol. The van der Waals surface area contributed by atoms with Gasteiger partial charge in [0.25, 0.3) is 0 Å². The lowest BCUT2D eigenvalue weighted by atomic mass is 9.95. The molecule has 18 heavy (non-hydrogen) atoms. The molecule has 2 rings (SSSR count). The van der Waals surface area contributed by atoms with E-state index in [0.29, 0.717) is 12.6 Å². The first-order valence-corrected chi connectivity index (χ1v) is 7.26. The SMILES string of the molecule is CC1CCN(CC(=O)NC2CCCCC2)CC1.[Cl-]. The van der Waals surface area contributed by atoms with E-state index < -0.39 is 0 Å². The highest BCUT2D eigenvalue weighted by atomic mass is 35.5. The average molecular weight is 274 g/mol. The molecule has 4 heteroatoms. The molecule has 0 radical (unpaired) electrons. The van der Waals surface area contributed by atoms with Crippen molar-refractivity contribution in [2.45, 2.75) is 57.9 Å². The van der Waals surface area contributed by atoms with E-state index in [1.54, 1.807) is 0 Å². The van der Waals surface area contributed by atoms with Crippen LogP contribution >= 0.6 is 0 Å². The molecule has 0 aromatic carbocycles. The number of nitrogens with one attached hydrogen (secondary N) is 1. The molecule has 1 N–H and O–H groups in total.